The minimum Gasteiger partial charge on any atom is -0.394 e. The molecular formula is C45H85NO9. The number of amides is 1. The number of allylic oxidation sites excluding steroid dienone is 3. The zero-order chi connectivity index (χ0) is 40.4. The van der Waals surface area contributed by atoms with Gasteiger partial charge in [-0.2, -0.15) is 0 Å². The Morgan fingerprint density at radius 2 is 1.07 bits per heavy atom. The van der Waals surface area contributed by atoms with Gasteiger partial charge in [-0.15, -0.1) is 0 Å². The van der Waals surface area contributed by atoms with E-state index in [2.05, 4.69) is 31.3 Å². The minimum absolute atomic E-state index is 0.307. The highest BCUT2D eigenvalue weighted by atomic mass is 16.7. The molecule has 1 amide bonds. The van der Waals surface area contributed by atoms with Gasteiger partial charge in [0.2, 0.25) is 5.91 Å². The van der Waals surface area contributed by atoms with Crippen molar-refractivity contribution in [3.05, 3.63) is 24.3 Å². The van der Waals surface area contributed by atoms with Gasteiger partial charge in [0.1, 0.15) is 30.5 Å². The summed E-state index contributed by atoms with van der Waals surface area (Å²) in [5.41, 5.74) is 0. The van der Waals surface area contributed by atoms with Crippen LogP contribution in [0.3, 0.4) is 0 Å². The lowest BCUT2D eigenvalue weighted by Gasteiger charge is -2.40. The molecule has 1 heterocycles. The molecule has 1 saturated heterocycles. The van der Waals surface area contributed by atoms with Gasteiger partial charge in [-0.25, -0.2) is 0 Å². The summed E-state index contributed by atoms with van der Waals surface area (Å²) >= 11 is 0. The Balaban J connectivity index is 2.44. The molecule has 0 aliphatic carbocycles. The van der Waals surface area contributed by atoms with E-state index in [4.69, 9.17) is 9.47 Å². The van der Waals surface area contributed by atoms with Gasteiger partial charge < -0.3 is 45.4 Å². The first-order chi connectivity index (χ1) is 26.8. The van der Waals surface area contributed by atoms with Gasteiger partial charge in [0.25, 0.3) is 0 Å². The molecule has 0 radical (unpaired) electrons. The third-order valence-electron chi connectivity index (χ3n) is 10.9. The molecule has 10 nitrogen and oxygen atoms in total. The van der Waals surface area contributed by atoms with Gasteiger partial charge >= 0.3 is 0 Å². The summed E-state index contributed by atoms with van der Waals surface area (Å²) in [6.45, 7) is 3.58. The van der Waals surface area contributed by atoms with E-state index in [1.54, 1.807) is 6.08 Å². The zero-order valence-electron chi connectivity index (χ0n) is 35.0. The predicted molar refractivity (Wildman–Crippen MR) is 223 cm³/mol. The Morgan fingerprint density at radius 1 is 0.618 bits per heavy atom. The largest absolute Gasteiger partial charge is 0.394 e. The number of unbranched alkanes of at least 4 members (excludes halogenated alkanes) is 24. The molecule has 8 atom stereocenters. The van der Waals surface area contributed by atoms with Gasteiger partial charge in [0, 0.05) is 0 Å². The van der Waals surface area contributed by atoms with Crippen molar-refractivity contribution in [1.29, 1.82) is 0 Å². The van der Waals surface area contributed by atoms with Crippen LogP contribution in [0.2, 0.25) is 0 Å². The second-order valence-corrected chi connectivity index (χ2v) is 16.0. The maximum Gasteiger partial charge on any atom is 0.249 e. The molecule has 8 unspecified atom stereocenters. The number of rotatable bonds is 37. The molecule has 0 aromatic heterocycles. The summed E-state index contributed by atoms with van der Waals surface area (Å²) in [5.74, 6) is -0.625. The number of aliphatic hydroxyl groups excluding tert-OH is 6. The highest BCUT2D eigenvalue weighted by Crippen LogP contribution is 2.22. The lowest BCUT2D eigenvalue weighted by molar-refractivity contribution is -0.302. The summed E-state index contributed by atoms with van der Waals surface area (Å²) < 4.78 is 11.1. The number of nitrogens with one attached hydrogen (secondary N) is 1. The molecule has 55 heavy (non-hydrogen) atoms. The van der Waals surface area contributed by atoms with Gasteiger partial charge in [-0.3, -0.25) is 4.79 Å². The van der Waals surface area contributed by atoms with Crippen molar-refractivity contribution in [3.63, 3.8) is 0 Å². The summed E-state index contributed by atoms with van der Waals surface area (Å²) in [7, 11) is 0. The van der Waals surface area contributed by atoms with E-state index in [1.165, 1.54) is 128 Å². The van der Waals surface area contributed by atoms with Crippen LogP contribution in [0.4, 0.5) is 0 Å². The van der Waals surface area contributed by atoms with Crippen LogP contribution in [0.15, 0.2) is 24.3 Å². The molecule has 0 aromatic rings. The first-order valence-electron chi connectivity index (χ1n) is 22.7. The Bertz CT molecular complexity index is 932. The fourth-order valence-corrected chi connectivity index (χ4v) is 7.12. The third kappa shape index (κ3) is 26.3. The fraction of sp³-hybridized carbons (Fsp3) is 0.889. The van der Waals surface area contributed by atoms with Gasteiger partial charge in [0.15, 0.2) is 6.29 Å². The average Bonchev–Trinajstić information content (AvgIpc) is 3.18. The summed E-state index contributed by atoms with van der Waals surface area (Å²) in [4.78, 5) is 13.0. The minimum atomic E-state index is -1.61. The van der Waals surface area contributed by atoms with Crippen molar-refractivity contribution in [2.24, 2.45) is 0 Å². The number of hydrogen-bond acceptors (Lipinski definition) is 9. The predicted octanol–water partition coefficient (Wildman–Crippen LogP) is 8.08. The molecule has 1 aliphatic heterocycles. The van der Waals surface area contributed by atoms with Crippen LogP contribution in [-0.2, 0) is 14.3 Å². The van der Waals surface area contributed by atoms with Gasteiger partial charge in [0.05, 0.1) is 25.4 Å². The van der Waals surface area contributed by atoms with Crippen molar-refractivity contribution in [3.8, 4) is 0 Å². The maximum absolute atomic E-state index is 13.0. The molecule has 1 rings (SSSR count). The lowest BCUT2D eigenvalue weighted by atomic mass is 9.99. The van der Waals surface area contributed by atoms with E-state index in [9.17, 15) is 35.4 Å². The quantitative estimate of drug-likeness (QED) is 0.0243. The van der Waals surface area contributed by atoms with Gasteiger partial charge in [-0.1, -0.05) is 186 Å². The van der Waals surface area contributed by atoms with Crippen LogP contribution in [-0.4, -0.2) is 98.7 Å². The molecule has 0 spiro atoms. The molecule has 7 N–H and O–H groups in total. The van der Waals surface area contributed by atoms with E-state index in [0.717, 1.165) is 32.1 Å². The normalized spacial score (nSPS) is 22.1. The average molecular weight is 784 g/mol. The first-order valence-corrected chi connectivity index (χ1v) is 22.7. The van der Waals surface area contributed by atoms with Crippen LogP contribution in [0.1, 0.15) is 194 Å². The summed E-state index contributed by atoms with van der Waals surface area (Å²) in [5, 5.41) is 64.5. The van der Waals surface area contributed by atoms with E-state index in [-0.39, 0.29) is 6.61 Å². The monoisotopic (exact) mass is 784 g/mol. The topological polar surface area (TPSA) is 169 Å². The number of carbonyl (C=O) groups is 1. The highest BCUT2D eigenvalue weighted by Gasteiger charge is 2.44. The maximum atomic E-state index is 13.0. The smallest absolute Gasteiger partial charge is 0.249 e. The van der Waals surface area contributed by atoms with E-state index in [1.807, 2.05) is 6.08 Å². The van der Waals surface area contributed by atoms with Crippen molar-refractivity contribution in [2.75, 3.05) is 13.2 Å². The number of ether oxygens (including phenoxy) is 2. The molecule has 0 saturated carbocycles. The highest BCUT2D eigenvalue weighted by molar-refractivity contribution is 5.80. The first kappa shape index (κ1) is 51.6. The van der Waals surface area contributed by atoms with Crippen molar-refractivity contribution in [1.82, 2.24) is 5.32 Å². The van der Waals surface area contributed by atoms with Crippen LogP contribution in [0.25, 0.3) is 0 Å². The Morgan fingerprint density at radius 3 is 1.58 bits per heavy atom. The number of carbonyl (C=O) groups excluding carboxylic acids is 1. The Hall–Kier alpha value is -1.37. The second kappa shape index (κ2) is 35.8. The van der Waals surface area contributed by atoms with E-state index >= 15 is 0 Å². The van der Waals surface area contributed by atoms with Crippen molar-refractivity contribution in [2.45, 2.75) is 243 Å². The zero-order valence-corrected chi connectivity index (χ0v) is 35.0. The Kier molecular flexibility index (Phi) is 33.6. The Labute approximate surface area is 335 Å². The number of aliphatic hydroxyl groups is 6. The van der Waals surface area contributed by atoms with E-state index in [0.29, 0.717) is 19.3 Å². The van der Waals surface area contributed by atoms with Crippen molar-refractivity contribution < 1.29 is 44.9 Å². The second-order valence-electron chi connectivity index (χ2n) is 16.0. The van der Waals surface area contributed by atoms with Crippen LogP contribution in [0, 0.1) is 0 Å². The molecule has 0 bridgehead atoms. The van der Waals surface area contributed by atoms with Gasteiger partial charge in [-0.05, 0) is 32.1 Å². The summed E-state index contributed by atoms with van der Waals surface area (Å²) in [6.07, 6.45) is 31.2. The molecule has 0 aromatic carbocycles. The molecule has 324 valence electrons. The van der Waals surface area contributed by atoms with Crippen LogP contribution in [0.5, 0.6) is 0 Å². The third-order valence-corrected chi connectivity index (χ3v) is 10.9. The summed E-state index contributed by atoms with van der Waals surface area (Å²) in [6, 6.07) is -0.992. The number of hydrogen-bond donors (Lipinski definition) is 7. The van der Waals surface area contributed by atoms with E-state index < -0.39 is 61.5 Å². The standard InChI is InChI=1S/C45H85NO9/c1-3-5-7-9-11-13-15-17-19-20-22-24-26-28-30-32-34-39(49)44(53)46-37(36-54-45-43(52)42(51)41(50)40(35-47)55-45)38(48)33-31-29-27-25-23-21-18-16-14-12-10-8-6-4-2/h23,25,31,33,37-43,45,47-52H,3-22,24,26-30,32,34-36H2,1-2H3,(H,46,53)/b25-23+,33-31+. The molecule has 1 fully saturated rings. The van der Waals surface area contributed by atoms with Crippen molar-refractivity contribution >= 4 is 5.91 Å². The molecular weight excluding hydrogens is 698 g/mol. The SMILES string of the molecule is CCCCCCCCCC/C=C/CC/C=C/C(O)C(COC1OC(CO)C(O)C(O)C1O)NC(=O)C(O)CCCCCCCCCCCCCCCCCC. The lowest BCUT2D eigenvalue weighted by Crippen LogP contribution is -2.60. The molecule has 10 heteroatoms. The molecule has 1 aliphatic rings. The fourth-order valence-electron chi connectivity index (χ4n) is 7.12. The van der Waals surface area contributed by atoms with Crippen LogP contribution < -0.4 is 5.32 Å². The van der Waals surface area contributed by atoms with Crippen LogP contribution >= 0.6 is 0 Å².